The zero-order chi connectivity index (χ0) is 13.8. The molecule has 0 amide bonds. The summed E-state index contributed by atoms with van der Waals surface area (Å²) in [5.74, 6) is 1.29. The van der Waals surface area contributed by atoms with Gasteiger partial charge >= 0.3 is 0 Å². The maximum Gasteiger partial charge on any atom is 0.159 e. The third-order valence-corrected chi connectivity index (χ3v) is 3.17. The molecule has 3 heteroatoms. The fourth-order valence-electron chi connectivity index (χ4n) is 1.76. The standard InChI is InChI=1S/C16H15ClO2/c1-3-12-5-4-6-14(9-12)19-16-8-7-13(11(2)18)10-15(16)17/h4-10H,3H2,1-2H3. The van der Waals surface area contributed by atoms with Gasteiger partial charge in [0.1, 0.15) is 11.5 Å². The monoisotopic (exact) mass is 274 g/mol. The highest BCUT2D eigenvalue weighted by atomic mass is 35.5. The summed E-state index contributed by atoms with van der Waals surface area (Å²) in [6.45, 7) is 3.60. The molecular formula is C16H15ClO2. The van der Waals surface area contributed by atoms with Crippen molar-refractivity contribution in [1.82, 2.24) is 0 Å². The van der Waals surface area contributed by atoms with Crippen LogP contribution in [0.2, 0.25) is 5.02 Å². The minimum atomic E-state index is -0.0126. The van der Waals surface area contributed by atoms with Crippen molar-refractivity contribution in [3.8, 4) is 11.5 Å². The lowest BCUT2D eigenvalue weighted by molar-refractivity contribution is 0.101. The van der Waals surface area contributed by atoms with Crippen LogP contribution >= 0.6 is 11.6 Å². The van der Waals surface area contributed by atoms with Crippen molar-refractivity contribution >= 4 is 17.4 Å². The van der Waals surface area contributed by atoms with Crippen LogP contribution in [-0.4, -0.2) is 5.78 Å². The Balaban J connectivity index is 2.25. The Morgan fingerprint density at radius 1 is 1.21 bits per heavy atom. The first-order chi connectivity index (χ1) is 9.10. The van der Waals surface area contributed by atoms with E-state index in [9.17, 15) is 4.79 Å². The molecule has 0 aromatic heterocycles. The van der Waals surface area contributed by atoms with Crippen molar-refractivity contribution < 1.29 is 9.53 Å². The number of rotatable bonds is 4. The van der Waals surface area contributed by atoms with Crippen molar-refractivity contribution in [3.63, 3.8) is 0 Å². The molecule has 98 valence electrons. The van der Waals surface area contributed by atoms with Crippen LogP contribution in [0, 0.1) is 0 Å². The molecule has 19 heavy (non-hydrogen) atoms. The normalized spacial score (nSPS) is 10.3. The maximum atomic E-state index is 11.3. The summed E-state index contributed by atoms with van der Waals surface area (Å²) in [4.78, 5) is 11.3. The fourth-order valence-corrected chi connectivity index (χ4v) is 1.98. The summed E-state index contributed by atoms with van der Waals surface area (Å²) in [7, 11) is 0. The molecule has 0 saturated carbocycles. The summed E-state index contributed by atoms with van der Waals surface area (Å²) in [6, 6.07) is 12.9. The second kappa shape index (κ2) is 5.89. The van der Waals surface area contributed by atoms with Gasteiger partial charge < -0.3 is 4.74 Å². The number of hydrogen-bond acceptors (Lipinski definition) is 2. The van der Waals surface area contributed by atoms with E-state index in [1.807, 2.05) is 24.3 Å². The minimum absolute atomic E-state index is 0.0126. The molecule has 0 heterocycles. The van der Waals surface area contributed by atoms with Gasteiger partial charge in [-0.1, -0.05) is 30.7 Å². The maximum absolute atomic E-state index is 11.3. The number of ether oxygens (including phenoxy) is 1. The van der Waals surface area contributed by atoms with E-state index >= 15 is 0 Å². The van der Waals surface area contributed by atoms with Gasteiger partial charge in [0.25, 0.3) is 0 Å². The van der Waals surface area contributed by atoms with Crippen LogP contribution in [0.3, 0.4) is 0 Å². The average Bonchev–Trinajstić information content (AvgIpc) is 2.41. The van der Waals surface area contributed by atoms with E-state index in [1.165, 1.54) is 12.5 Å². The molecule has 0 aliphatic carbocycles. The zero-order valence-electron chi connectivity index (χ0n) is 10.9. The molecule has 0 fully saturated rings. The van der Waals surface area contributed by atoms with Crippen LogP contribution in [0.15, 0.2) is 42.5 Å². The highest BCUT2D eigenvalue weighted by Gasteiger charge is 2.07. The summed E-state index contributed by atoms with van der Waals surface area (Å²) in [5.41, 5.74) is 1.79. The number of hydrogen-bond donors (Lipinski definition) is 0. The fraction of sp³-hybridized carbons (Fsp3) is 0.188. The molecule has 0 unspecified atom stereocenters. The van der Waals surface area contributed by atoms with Crippen LogP contribution in [0.4, 0.5) is 0 Å². The molecule has 0 aliphatic rings. The quantitative estimate of drug-likeness (QED) is 0.742. The van der Waals surface area contributed by atoms with Gasteiger partial charge in [0.15, 0.2) is 5.78 Å². The van der Waals surface area contributed by atoms with Crippen molar-refractivity contribution in [2.45, 2.75) is 20.3 Å². The van der Waals surface area contributed by atoms with Gasteiger partial charge in [0, 0.05) is 5.56 Å². The third-order valence-electron chi connectivity index (χ3n) is 2.87. The topological polar surface area (TPSA) is 26.3 Å². The van der Waals surface area contributed by atoms with Crippen molar-refractivity contribution in [2.75, 3.05) is 0 Å². The van der Waals surface area contributed by atoms with Crippen molar-refractivity contribution in [1.29, 1.82) is 0 Å². The van der Waals surface area contributed by atoms with E-state index in [4.69, 9.17) is 16.3 Å². The SMILES string of the molecule is CCc1cccc(Oc2ccc(C(C)=O)cc2Cl)c1. The molecule has 2 aromatic carbocycles. The predicted molar refractivity (Wildman–Crippen MR) is 77.4 cm³/mol. The Morgan fingerprint density at radius 2 is 2.00 bits per heavy atom. The molecule has 2 nitrogen and oxygen atoms in total. The van der Waals surface area contributed by atoms with E-state index in [-0.39, 0.29) is 5.78 Å². The van der Waals surface area contributed by atoms with Gasteiger partial charge in [-0.2, -0.15) is 0 Å². The Bertz CT molecular complexity index is 605. The van der Waals surface area contributed by atoms with Crippen LogP contribution in [0.25, 0.3) is 0 Å². The summed E-state index contributed by atoms with van der Waals surface area (Å²) in [5, 5.41) is 0.439. The second-order valence-corrected chi connectivity index (χ2v) is 4.71. The predicted octanol–water partition coefficient (Wildman–Crippen LogP) is 4.90. The van der Waals surface area contributed by atoms with Gasteiger partial charge in [-0.25, -0.2) is 0 Å². The number of Topliss-reactive ketones (excluding diaryl/α,β-unsaturated/α-hetero) is 1. The van der Waals surface area contributed by atoms with E-state index in [1.54, 1.807) is 18.2 Å². The number of carbonyl (C=O) groups excluding carboxylic acids is 1. The van der Waals surface area contributed by atoms with Crippen LogP contribution < -0.4 is 4.74 Å². The Kier molecular flexibility index (Phi) is 4.23. The molecule has 2 aromatic rings. The highest BCUT2D eigenvalue weighted by molar-refractivity contribution is 6.32. The Morgan fingerprint density at radius 3 is 2.63 bits per heavy atom. The molecule has 0 radical (unpaired) electrons. The van der Waals surface area contributed by atoms with Gasteiger partial charge in [-0.3, -0.25) is 4.79 Å². The van der Waals surface area contributed by atoms with Crippen LogP contribution in [0.5, 0.6) is 11.5 Å². The number of aryl methyl sites for hydroxylation is 1. The Labute approximate surface area is 118 Å². The summed E-state index contributed by atoms with van der Waals surface area (Å²) in [6.07, 6.45) is 0.953. The molecule has 0 N–H and O–H groups in total. The van der Waals surface area contributed by atoms with Crippen molar-refractivity contribution in [3.05, 3.63) is 58.6 Å². The van der Waals surface area contributed by atoms with Gasteiger partial charge in [-0.15, -0.1) is 0 Å². The van der Waals surface area contributed by atoms with E-state index in [0.29, 0.717) is 16.3 Å². The lowest BCUT2D eigenvalue weighted by Gasteiger charge is -2.09. The number of ketones is 1. The number of benzene rings is 2. The van der Waals surface area contributed by atoms with Gasteiger partial charge in [-0.05, 0) is 49.2 Å². The molecule has 0 atom stereocenters. The average molecular weight is 275 g/mol. The highest BCUT2D eigenvalue weighted by Crippen LogP contribution is 2.30. The molecular weight excluding hydrogens is 260 g/mol. The second-order valence-electron chi connectivity index (χ2n) is 4.30. The molecule has 0 spiro atoms. The van der Waals surface area contributed by atoms with Gasteiger partial charge in [0.05, 0.1) is 5.02 Å². The molecule has 0 bridgehead atoms. The largest absolute Gasteiger partial charge is 0.456 e. The van der Waals surface area contributed by atoms with E-state index < -0.39 is 0 Å². The number of carbonyl (C=O) groups is 1. The summed E-state index contributed by atoms with van der Waals surface area (Å²) >= 11 is 6.12. The van der Waals surface area contributed by atoms with E-state index in [0.717, 1.165) is 12.2 Å². The Hall–Kier alpha value is -1.80. The summed E-state index contributed by atoms with van der Waals surface area (Å²) < 4.78 is 5.74. The first-order valence-electron chi connectivity index (χ1n) is 6.17. The van der Waals surface area contributed by atoms with Crippen LogP contribution in [0.1, 0.15) is 29.8 Å². The van der Waals surface area contributed by atoms with Crippen LogP contribution in [-0.2, 0) is 6.42 Å². The third kappa shape index (κ3) is 3.36. The molecule has 0 saturated heterocycles. The van der Waals surface area contributed by atoms with E-state index in [2.05, 4.69) is 6.92 Å². The lowest BCUT2D eigenvalue weighted by atomic mass is 10.1. The molecule has 2 rings (SSSR count). The first kappa shape index (κ1) is 13.6. The zero-order valence-corrected chi connectivity index (χ0v) is 11.7. The minimum Gasteiger partial charge on any atom is -0.456 e. The lowest BCUT2D eigenvalue weighted by Crippen LogP contribution is -1.93. The first-order valence-corrected chi connectivity index (χ1v) is 6.55. The van der Waals surface area contributed by atoms with Crippen molar-refractivity contribution in [2.24, 2.45) is 0 Å². The number of halogens is 1. The smallest absolute Gasteiger partial charge is 0.159 e. The molecule has 0 aliphatic heterocycles. The van der Waals surface area contributed by atoms with Gasteiger partial charge in [0.2, 0.25) is 0 Å².